The number of nitrogens with zero attached hydrogens (tertiary/aromatic N) is 2. The zero-order chi connectivity index (χ0) is 15.2. The highest BCUT2D eigenvalue weighted by Gasteiger charge is 2.30. The maximum Gasteiger partial charge on any atom is 0.270 e. The lowest BCUT2D eigenvalue weighted by Crippen LogP contribution is -2.40. The Labute approximate surface area is 123 Å². The average Bonchev–Trinajstić information content (AvgIpc) is 2.80. The fourth-order valence-electron chi connectivity index (χ4n) is 2.01. The summed E-state index contributed by atoms with van der Waals surface area (Å²) in [7, 11) is 1.71. The van der Waals surface area contributed by atoms with E-state index in [4.69, 9.17) is 5.11 Å². The summed E-state index contributed by atoms with van der Waals surface area (Å²) in [4.78, 5) is 29.4. The first-order valence-electron chi connectivity index (χ1n) is 6.73. The summed E-state index contributed by atoms with van der Waals surface area (Å²) in [6.07, 6.45) is 2.52. The van der Waals surface area contributed by atoms with Gasteiger partial charge in [0.1, 0.15) is 11.7 Å². The van der Waals surface area contributed by atoms with Gasteiger partial charge in [-0.05, 0) is 18.6 Å². The molecule has 6 heteroatoms. The Kier molecular flexibility index (Phi) is 4.90. The van der Waals surface area contributed by atoms with E-state index in [2.05, 4.69) is 22.1 Å². The fourth-order valence-corrected chi connectivity index (χ4v) is 2.01. The number of hydrogen-bond acceptors (Lipinski definition) is 4. The van der Waals surface area contributed by atoms with Gasteiger partial charge in [-0.25, -0.2) is 4.98 Å². The summed E-state index contributed by atoms with van der Waals surface area (Å²) in [5, 5.41) is 11.3. The van der Waals surface area contributed by atoms with Crippen LogP contribution in [0.3, 0.4) is 0 Å². The number of aliphatic hydroxyl groups excluding tert-OH is 1. The van der Waals surface area contributed by atoms with Crippen molar-refractivity contribution < 1.29 is 14.7 Å². The van der Waals surface area contributed by atoms with Crippen molar-refractivity contribution in [2.45, 2.75) is 18.9 Å². The maximum absolute atomic E-state index is 12.0. The molecule has 2 rings (SSSR count). The van der Waals surface area contributed by atoms with Crippen molar-refractivity contribution in [3.63, 3.8) is 0 Å². The van der Waals surface area contributed by atoms with Gasteiger partial charge < -0.3 is 15.3 Å². The molecule has 1 aromatic heterocycles. The first-order chi connectivity index (χ1) is 10.1. The molecule has 0 spiro atoms. The number of nitrogens with one attached hydrogen (secondary N) is 1. The fraction of sp³-hybridized carbons (Fsp3) is 0.400. The molecule has 1 aromatic rings. The first kappa shape index (κ1) is 15.0. The molecule has 0 aromatic carbocycles. The number of carbonyl (C=O) groups is 2. The van der Waals surface area contributed by atoms with Crippen LogP contribution in [0.25, 0.3) is 0 Å². The van der Waals surface area contributed by atoms with E-state index < -0.39 is 6.04 Å². The van der Waals surface area contributed by atoms with Crippen LogP contribution in [-0.2, 0) is 4.79 Å². The predicted molar refractivity (Wildman–Crippen MR) is 76.3 cm³/mol. The summed E-state index contributed by atoms with van der Waals surface area (Å²) in [6, 6.07) is 2.80. The average molecular weight is 287 g/mol. The van der Waals surface area contributed by atoms with E-state index in [0.29, 0.717) is 24.9 Å². The lowest BCUT2D eigenvalue weighted by Gasteiger charge is -2.11. The lowest BCUT2D eigenvalue weighted by molar-refractivity contribution is -0.128. The molecule has 1 unspecified atom stereocenters. The maximum atomic E-state index is 12.0. The van der Waals surface area contributed by atoms with Gasteiger partial charge in [0.05, 0.1) is 6.61 Å². The molecule has 110 valence electrons. The van der Waals surface area contributed by atoms with Gasteiger partial charge in [-0.15, -0.1) is 0 Å². The number of pyridine rings is 1. The van der Waals surface area contributed by atoms with Gasteiger partial charge in [-0.1, -0.05) is 11.8 Å². The Bertz CT molecular complexity index is 586. The van der Waals surface area contributed by atoms with Gasteiger partial charge in [-0.3, -0.25) is 9.59 Å². The molecule has 2 N–H and O–H groups in total. The number of hydrogen-bond donors (Lipinski definition) is 2. The third-order valence-corrected chi connectivity index (χ3v) is 3.20. The standard InChI is InChI=1S/C15H17N3O3/c1-18-8-7-13(15(18)21)17-14(20)12-6-5-11(10-16-12)4-2-3-9-19/h5-6,10,13,19H,3,7-9H2,1H3,(H,17,20). The van der Waals surface area contributed by atoms with Crippen LogP contribution in [-0.4, -0.2) is 53.0 Å². The van der Waals surface area contributed by atoms with Crippen molar-refractivity contribution >= 4 is 11.8 Å². The molecule has 6 nitrogen and oxygen atoms in total. The summed E-state index contributed by atoms with van der Waals surface area (Å²) in [5.74, 6) is 5.17. The Morgan fingerprint density at radius 3 is 2.95 bits per heavy atom. The molecule has 0 radical (unpaired) electrons. The second-order valence-corrected chi connectivity index (χ2v) is 4.78. The first-order valence-corrected chi connectivity index (χ1v) is 6.73. The predicted octanol–water partition coefficient (Wildman–Crippen LogP) is -0.224. The van der Waals surface area contributed by atoms with Crippen LogP contribution in [0.4, 0.5) is 0 Å². The minimum atomic E-state index is -0.465. The lowest BCUT2D eigenvalue weighted by atomic mass is 10.2. The van der Waals surface area contributed by atoms with Gasteiger partial charge >= 0.3 is 0 Å². The molecular weight excluding hydrogens is 270 g/mol. The molecule has 0 saturated carbocycles. The topological polar surface area (TPSA) is 82.5 Å². The van der Waals surface area contributed by atoms with Gasteiger partial charge in [0, 0.05) is 31.8 Å². The van der Waals surface area contributed by atoms with Crippen LogP contribution in [0.1, 0.15) is 28.9 Å². The van der Waals surface area contributed by atoms with E-state index in [1.807, 2.05) is 0 Å². The molecule has 0 bridgehead atoms. The Hall–Kier alpha value is -2.39. The zero-order valence-electron chi connectivity index (χ0n) is 11.8. The highest BCUT2D eigenvalue weighted by molar-refractivity contribution is 5.96. The van der Waals surface area contributed by atoms with Crippen molar-refractivity contribution in [2.75, 3.05) is 20.2 Å². The summed E-state index contributed by atoms with van der Waals surface area (Å²) in [6.45, 7) is 0.668. The molecule has 1 aliphatic rings. The van der Waals surface area contributed by atoms with Crippen molar-refractivity contribution in [3.8, 4) is 11.8 Å². The van der Waals surface area contributed by atoms with E-state index >= 15 is 0 Å². The van der Waals surface area contributed by atoms with Crippen molar-refractivity contribution in [3.05, 3.63) is 29.6 Å². The zero-order valence-corrected chi connectivity index (χ0v) is 11.8. The van der Waals surface area contributed by atoms with Crippen LogP contribution in [0.15, 0.2) is 18.3 Å². The van der Waals surface area contributed by atoms with E-state index in [0.717, 1.165) is 0 Å². The highest BCUT2D eigenvalue weighted by atomic mass is 16.2. The minimum absolute atomic E-state index is 0.0186. The van der Waals surface area contributed by atoms with Crippen LogP contribution in [0, 0.1) is 11.8 Å². The van der Waals surface area contributed by atoms with Crippen molar-refractivity contribution in [2.24, 2.45) is 0 Å². The number of amides is 2. The number of aromatic nitrogens is 1. The van der Waals surface area contributed by atoms with Crippen molar-refractivity contribution in [1.82, 2.24) is 15.2 Å². The molecular formula is C15H17N3O3. The smallest absolute Gasteiger partial charge is 0.270 e. The van der Waals surface area contributed by atoms with Crippen LogP contribution in [0.5, 0.6) is 0 Å². The molecule has 21 heavy (non-hydrogen) atoms. The van der Waals surface area contributed by atoms with E-state index in [-0.39, 0.29) is 24.1 Å². The van der Waals surface area contributed by atoms with Gasteiger partial charge in [0.15, 0.2) is 0 Å². The molecule has 1 saturated heterocycles. The SMILES string of the molecule is CN1CCC(NC(=O)c2ccc(C#CCCO)cn2)C1=O. The van der Waals surface area contributed by atoms with Gasteiger partial charge in [-0.2, -0.15) is 0 Å². The number of likely N-dealkylation sites (tertiary alicyclic amines) is 1. The van der Waals surface area contributed by atoms with Crippen LogP contribution in [0.2, 0.25) is 0 Å². The second kappa shape index (κ2) is 6.86. The monoisotopic (exact) mass is 287 g/mol. The number of rotatable bonds is 3. The van der Waals surface area contributed by atoms with E-state index in [1.54, 1.807) is 24.1 Å². The highest BCUT2D eigenvalue weighted by Crippen LogP contribution is 2.09. The number of likely N-dealkylation sites (N-methyl/N-ethyl adjacent to an activating group) is 1. The van der Waals surface area contributed by atoms with E-state index in [1.165, 1.54) is 6.20 Å². The molecule has 2 heterocycles. The molecule has 0 aliphatic carbocycles. The summed E-state index contributed by atoms with van der Waals surface area (Å²) in [5.41, 5.74) is 0.932. The largest absolute Gasteiger partial charge is 0.395 e. The Morgan fingerprint density at radius 2 is 2.38 bits per heavy atom. The summed E-state index contributed by atoms with van der Waals surface area (Å²) < 4.78 is 0. The number of aliphatic hydroxyl groups is 1. The molecule has 1 fully saturated rings. The third-order valence-electron chi connectivity index (χ3n) is 3.20. The van der Waals surface area contributed by atoms with Crippen LogP contribution >= 0.6 is 0 Å². The Morgan fingerprint density at radius 1 is 1.57 bits per heavy atom. The quantitative estimate of drug-likeness (QED) is 0.753. The Balaban J connectivity index is 1.97. The molecule has 1 aliphatic heterocycles. The molecule has 2 amide bonds. The number of carbonyl (C=O) groups excluding carboxylic acids is 2. The van der Waals surface area contributed by atoms with Crippen LogP contribution < -0.4 is 5.32 Å². The van der Waals surface area contributed by atoms with Crippen molar-refractivity contribution in [1.29, 1.82) is 0 Å². The molecule has 1 atom stereocenters. The normalized spacial score (nSPS) is 17.3. The minimum Gasteiger partial charge on any atom is -0.395 e. The second-order valence-electron chi connectivity index (χ2n) is 4.78. The summed E-state index contributed by atoms with van der Waals surface area (Å²) >= 11 is 0. The van der Waals surface area contributed by atoms with Gasteiger partial charge in [0.2, 0.25) is 5.91 Å². The van der Waals surface area contributed by atoms with Gasteiger partial charge in [0.25, 0.3) is 5.91 Å². The van der Waals surface area contributed by atoms with E-state index in [9.17, 15) is 9.59 Å². The third kappa shape index (κ3) is 3.80.